The molecule has 5 nitrogen and oxygen atoms in total. The van der Waals surface area contributed by atoms with E-state index in [9.17, 15) is 9.59 Å². The van der Waals surface area contributed by atoms with Gasteiger partial charge >= 0.3 is 0 Å². The van der Waals surface area contributed by atoms with Crippen LogP contribution in [0.5, 0.6) is 0 Å². The summed E-state index contributed by atoms with van der Waals surface area (Å²) in [6, 6.07) is 24.3. The molecular formula is C34H37BrCl3N3O2. The van der Waals surface area contributed by atoms with Crippen molar-refractivity contribution in [2.24, 2.45) is 11.3 Å². The van der Waals surface area contributed by atoms with Crippen LogP contribution >= 0.6 is 51.5 Å². The number of piperidine rings is 1. The molecular weight excluding hydrogens is 669 g/mol. The minimum Gasteiger partial charge on any atom is -0.341 e. The van der Waals surface area contributed by atoms with Crippen LogP contribution in [0.3, 0.4) is 0 Å². The Morgan fingerprint density at radius 1 is 0.860 bits per heavy atom. The molecule has 2 amide bonds. The molecule has 3 saturated heterocycles. The lowest BCUT2D eigenvalue weighted by atomic mass is 9.76. The van der Waals surface area contributed by atoms with Crippen LogP contribution in [0, 0.1) is 11.3 Å². The van der Waals surface area contributed by atoms with Crippen molar-refractivity contribution >= 4 is 63.4 Å². The van der Waals surface area contributed by atoms with Crippen LogP contribution in [0.1, 0.15) is 41.9 Å². The summed E-state index contributed by atoms with van der Waals surface area (Å²) in [5.41, 5.74) is 3.12. The molecule has 0 bridgehead atoms. The van der Waals surface area contributed by atoms with E-state index in [0.717, 1.165) is 68.6 Å². The third-order valence-corrected chi connectivity index (χ3v) is 10.8. The molecule has 3 aliphatic heterocycles. The highest BCUT2D eigenvalue weighted by Crippen LogP contribution is 2.43. The first kappa shape index (κ1) is 32.3. The predicted octanol–water partition coefficient (Wildman–Crippen LogP) is 7.48. The van der Waals surface area contributed by atoms with Gasteiger partial charge in [0.1, 0.15) is 0 Å². The van der Waals surface area contributed by atoms with Gasteiger partial charge in [-0.05, 0) is 79.2 Å². The van der Waals surface area contributed by atoms with Gasteiger partial charge in [0.2, 0.25) is 11.8 Å². The summed E-state index contributed by atoms with van der Waals surface area (Å²) in [6.07, 6.45) is 3.08. The van der Waals surface area contributed by atoms with Gasteiger partial charge in [-0.25, -0.2) is 0 Å². The molecule has 0 radical (unpaired) electrons. The van der Waals surface area contributed by atoms with Crippen molar-refractivity contribution in [3.05, 3.63) is 104 Å². The van der Waals surface area contributed by atoms with Crippen molar-refractivity contribution in [2.45, 2.75) is 38.1 Å². The minimum absolute atomic E-state index is 0. The largest absolute Gasteiger partial charge is 0.341 e. The first-order valence-corrected chi connectivity index (χ1v) is 16.4. The van der Waals surface area contributed by atoms with Crippen molar-refractivity contribution < 1.29 is 9.59 Å². The SMILES string of the molecule is Cl.O=C(Cc1ccc(Cl)c(Cl)c1)N1CC(CN2CCC3(CC2)CCN(Cc2ccc(Br)cc2)C3=O)C(c2ccccc2)C1. The molecule has 228 valence electrons. The van der Waals surface area contributed by atoms with Crippen LogP contribution in [-0.2, 0) is 22.6 Å². The van der Waals surface area contributed by atoms with E-state index in [2.05, 4.69) is 62.1 Å². The van der Waals surface area contributed by atoms with Gasteiger partial charge in [0.15, 0.2) is 0 Å². The maximum absolute atomic E-state index is 13.6. The zero-order valence-electron chi connectivity index (χ0n) is 24.1. The number of halogens is 4. The van der Waals surface area contributed by atoms with Crippen LogP contribution in [0.4, 0.5) is 0 Å². The van der Waals surface area contributed by atoms with Gasteiger partial charge in [-0.1, -0.05) is 87.7 Å². The highest BCUT2D eigenvalue weighted by Gasteiger charge is 2.48. The van der Waals surface area contributed by atoms with E-state index < -0.39 is 0 Å². The lowest BCUT2D eigenvalue weighted by molar-refractivity contribution is -0.139. The van der Waals surface area contributed by atoms with Crippen LogP contribution in [0.2, 0.25) is 10.0 Å². The monoisotopic (exact) mass is 703 g/mol. The number of likely N-dealkylation sites (tertiary alicyclic amines) is 3. The van der Waals surface area contributed by atoms with Crippen LogP contribution in [0.25, 0.3) is 0 Å². The summed E-state index contributed by atoms with van der Waals surface area (Å²) in [4.78, 5) is 33.6. The second-order valence-electron chi connectivity index (χ2n) is 12.2. The maximum Gasteiger partial charge on any atom is 0.229 e. The Labute approximate surface area is 279 Å². The molecule has 3 aromatic rings. The topological polar surface area (TPSA) is 43.9 Å². The number of carbonyl (C=O) groups is 2. The van der Waals surface area contributed by atoms with E-state index in [-0.39, 0.29) is 29.6 Å². The third-order valence-electron chi connectivity index (χ3n) is 9.55. The van der Waals surface area contributed by atoms with E-state index in [1.807, 2.05) is 29.2 Å². The molecule has 6 rings (SSSR count). The summed E-state index contributed by atoms with van der Waals surface area (Å²) >= 11 is 15.8. The molecule has 9 heteroatoms. The molecule has 3 aliphatic rings. The minimum atomic E-state index is -0.220. The molecule has 2 atom stereocenters. The number of hydrogen-bond donors (Lipinski definition) is 0. The van der Waals surface area contributed by atoms with Gasteiger partial charge < -0.3 is 14.7 Å². The average molecular weight is 706 g/mol. The van der Waals surface area contributed by atoms with E-state index in [1.165, 1.54) is 11.1 Å². The molecule has 3 fully saturated rings. The Morgan fingerprint density at radius 2 is 1.53 bits per heavy atom. The van der Waals surface area contributed by atoms with Gasteiger partial charge in [-0.3, -0.25) is 9.59 Å². The van der Waals surface area contributed by atoms with Gasteiger partial charge in [0.25, 0.3) is 0 Å². The van der Waals surface area contributed by atoms with Crippen LogP contribution in [0.15, 0.2) is 77.3 Å². The van der Waals surface area contributed by atoms with Gasteiger partial charge in [-0.15, -0.1) is 12.4 Å². The lowest BCUT2D eigenvalue weighted by Gasteiger charge is -2.39. The van der Waals surface area contributed by atoms with Crippen molar-refractivity contribution in [1.29, 1.82) is 0 Å². The highest BCUT2D eigenvalue weighted by atomic mass is 79.9. The maximum atomic E-state index is 13.6. The van der Waals surface area contributed by atoms with Crippen molar-refractivity contribution in [2.75, 3.05) is 39.3 Å². The number of hydrogen-bond acceptors (Lipinski definition) is 3. The Kier molecular flexibility index (Phi) is 10.5. The number of rotatable bonds is 7. The molecule has 0 saturated carbocycles. The first-order valence-electron chi connectivity index (χ1n) is 14.8. The molecule has 3 heterocycles. The molecule has 1 spiro atoms. The van der Waals surface area contributed by atoms with E-state index in [4.69, 9.17) is 23.2 Å². The fourth-order valence-corrected chi connectivity index (χ4v) is 7.67. The normalized spacial score (nSPS) is 21.8. The molecule has 0 aliphatic carbocycles. The second kappa shape index (κ2) is 13.9. The zero-order valence-corrected chi connectivity index (χ0v) is 28.0. The molecule has 0 aromatic heterocycles. The van der Waals surface area contributed by atoms with Crippen molar-refractivity contribution in [3.63, 3.8) is 0 Å². The van der Waals surface area contributed by atoms with Crippen LogP contribution < -0.4 is 0 Å². The van der Waals surface area contributed by atoms with Gasteiger partial charge in [-0.2, -0.15) is 0 Å². The molecule has 0 N–H and O–H groups in total. The number of benzene rings is 3. The fraction of sp³-hybridized carbons (Fsp3) is 0.412. The Balaban J connectivity index is 0.00000368. The fourth-order valence-electron chi connectivity index (χ4n) is 7.09. The Morgan fingerprint density at radius 3 is 2.23 bits per heavy atom. The summed E-state index contributed by atoms with van der Waals surface area (Å²) in [6.45, 7) is 5.76. The van der Waals surface area contributed by atoms with Gasteiger partial charge in [0.05, 0.1) is 21.9 Å². The average Bonchev–Trinajstić information content (AvgIpc) is 3.55. The van der Waals surface area contributed by atoms with E-state index in [0.29, 0.717) is 34.8 Å². The van der Waals surface area contributed by atoms with E-state index in [1.54, 1.807) is 12.1 Å². The number of amides is 2. The second-order valence-corrected chi connectivity index (χ2v) is 13.9. The van der Waals surface area contributed by atoms with Gasteiger partial charge in [0, 0.05) is 43.1 Å². The Hall–Kier alpha value is -2.09. The standard InChI is InChI=1S/C34H36BrCl2N3O2.ClH/c35-28-9-6-24(7-10-28)20-39-17-14-34(33(39)42)12-15-38(16-13-34)21-27-22-40(23-29(27)26-4-2-1-3-5-26)32(41)19-25-8-11-30(36)31(37)18-25;/h1-11,18,27,29H,12-17,19-23H2;1H. The summed E-state index contributed by atoms with van der Waals surface area (Å²) in [7, 11) is 0. The zero-order chi connectivity index (χ0) is 29.3. The smallest absolute Gasteiger partial charge is 0.229 e. The van der Waals surface area contributed by atoms with Crippen molar-refractivity contribution in [3.8, 4) is 0 Å². The highest BCUT2D eigenvalue weighted by molar-refractivity contribution is 9.10. The quantitative estimate of drug-likeness (QED) is 0.256. The molecule has 2 unspecified atom stereocenters. The lowest BCUT2D eigenvalue weighted by Crippen LogP contribution is -2.46. The summed E-state index contributed by atoms with van der Waals surface area (Å²) in [5, 5.41) is 0.974. The number of nitrogens with zero attached hydrogens (tertiary/aromatic N) is 3. The summed E-state index contributed by atoms with van der Waals surface area (Å²) in [5.74, 6) is 1.07. The first-order chi connectivity index (χ1) is 20.3. The van der Waals surface area contributed by atoms with E-state index >= 15 is 0 Å². The molecule has 3 aromatic carbocycles. The number of carbonyl (C=O) groups excluding carboxylic acids is 2. The Bertz CT molecular complexity index is 1430. The summed E-state index contributed by atoms with van der Waals surface area (Å²) < 4.78 is 1.05. The molecule has 43 heavy (non-hydrogen) atoms. The third kappa shape index (κ3) is 7.26. The predicted molar refractivity (Wildman–Crippen MR) is 179 cm³/mol. The van der Waals surface area contributed by atoms with Crippen molar-refractivity contribution in [1.82, 2.24) is 14.7 Å². The van der Waals surface area contributed by atoms with Crippen LogP contribution in [-0.4, -0.2) is 65.8 Å².